The van der Waals surface area contributed by atoms with Gasteiger partial charge in [0.25, 0.3) is 0 Å². The number of rotatable bonds is 2. The largest absolute Gasteiger partial charge is 0.370 e. The molecule has 0 aromatic heterocycles. The third kappa shape index (κ3) is 2.16. The van der Waals surface area contributed by atoms with Crippen LogP contribution in [-0.2, 0) is 14.6 Å². The van der Waals surface area contributed by atoms with Crippen LogP contribution in [0.5, 0.6) is 0 Å². The first-order chi connectivity index (χ1) is 9.37. The molecule has 1 saturated heterocycles. The number of sulfone groups is 1. The van der Waals surface area contributed by atoms with E-state index in [0.29, 0.717) is 12.1 Å². The molecule has 1 aromatic rings. The summed E-state index contributed by atoms with van der Waals surface area (Å²) in [6, 6.07) is 4.93. The van der Waals surface area contributed by atoms with Crippen molar-refractivity contribution in [2.24, 2.45) is 5.73 Å². The van der Waals surface area contributed by atoms with Crippen molar-refractivity contribution in [3.63, 3.8) is 0 Å². The second kappa shape index (κ2) is 4.46. The topological polar surface area (TPSA) is 92.5 Å². The lowest BCUT2D eigenvalue weighted by atomic mass is 10.1. The maximum absolute atomic E-state index is 11.5. The van der Waals surface area contributed by atoms with Crippen LogP contribution < -0.4 is 16.0 Å². The maximum Gasteiger partial charge on any atom is 0.245 e. The van der Waals surface area contributed by atoms with Gasteiger partial charge in [-0.2, -0.15) is 0 Å². The van der Waals surface area contributed by atoms with E-state index in [0.717, 1.165) is 11.3 Å². The fourth-order valence-electron chi connectivity index (χ4n) is 2.79. The second-order valence-corrected chi connectivity index (χ2v) is 7.63. The fourth-order valence-corrected chi connectivity index (χ4v) is 4.56. The van der Waals surface area contributed by atoms with Gasteiger partial charge in [-0.05, 0) is 18.6 Å². The Bertz CT molecular complexity index is 671. The summed E-state index contributed by atoms with van der Waals surface area (Å²) in [5, 5.41) is 2.74. The van der Waals surface area contributed by atoms with Crippen LogP contribution in [0.4, 0.5) is 11.4 Å². The number of benzene rings is 1. The molecule has 0 radical (unpaired) electrons. The Hall–Kier alpha value is -1.60. The molecule has 0 spiro atoms. The van der Waals surface area contributed by atoms with E-state index in [-0.39, 0.29) is 23.5 Å². The summed E-state index contributed by atoms with van der Waals surface area (Å²) < 4.78 is 23.1. The van der Waals surface area contributed by atoms with Crippen LogP contribution >= 0.6 is 0 Å². The number of amides is 1. The van der Waals surface area contributed by atoms with E-state index in [1.807, 2.05) is 30.1 Å². The van der Waals surface area contributed by atoms with E-state index in [1.165, 1.54) is 0 Å². The summed E-state index contributed by atoms with van der Waals surface area (Å²) in [5.41, 5.74) is 8.16. The quantitative estimate of drug-likeness (QED) is 0.816. The zero-order valence-corrected chi connectivity index (χ0v) is 12.0. The molecule has 0 aliphatic carbocycles. The molecule has 0 bridgehead atoms. The zero-order chi connectivity index (χ0) is 14.5. The van der Waals surface area contributed by atoms with Gasteiger partial charge in [0.15, 0.2) is 9.84 Å². The molecule has 1 fully saturated rings. The number of carbonyl (C=O) groups is 1. The van der Waals surface area contributed by atoms with Crippen molar-refractivity contribution in [3.8, 4) is 0 Å². The van der Waals surface area contributed by atoms with Crippen molar-refractivity contribution in [2.75, 3.05) is 28.8 Å². The van der Waals surface area contributed by atoms with Crippen molar-refractivity contribution in [1.82, 2.24) is 0 Å². The van der Waals surface area contributed by atoms with Gasteiger partial charge in [-0.25, -0.2) is 8.42 Å². The number of carbonyl (C=O) groups excluding carboxylic acids is 1. The average Bonchev–Trinajstić information content (AvgIpc) is 2.89. The zero-order valence-electron chi connectivity index (χ0n) is 11.2. The van der Waals surface area contributed by atoms with Crippen LogP contribution in [0.25, 0.3) is 0 Å². The van der Waals surface area contributed by atoms with Gasteiger partial charge >= 0.3 is 0 Å². The molecule has 3 N–H and O–H groups in total. The molecule has 7 heteroatoms. The smallest absolute Gasteiger partial charge is 0.245 e. The molecule has 0 saturated carbocycles. The highest BCUT2D eigenvalue weighted by atomic mass is 32.2. The van der Waals surface area contributed by atoms with E-state index in [2.05, 4.69) is 5.32 Å². The van der Waals surface area contributed by atoms with Crippen molar-refractivity contribution < 1.29 is 13.2 Å². The van der Waals surface area contributed by atoms with Crippen molar-refractivity contribution in [3.05, 3.63) is 23.8 Å². The van der Waals surface area contributed by atoms with Crippen molar-refractivity contribution >= 4 is 27.1 Å². The molecule has 20 heavy (non-hydrogen) atoms. The normalized spacial score (nSPS) is 27.2. The molecule has 2 aliphatic heterocycles. The van der Waals surface area contributed by atoms with Gasteiger partial charge in [0.2, 0.25) is 5.91 Å². The Labute approximate surface area is 117 Å². The third-order valence-electron chi connectivity index (χ3n) is 4.08. The monoisotopic (exact) mass is 295 g/mol. The molecule has 2 unspecified atom stereocenters. The van der Waals surface area contributed by atoms with Gasteiger partial charge in [0.05, 0.1) is 11.5 Å². The minimum absolute atomic E-state index is 0.0103. The summed E-state index contributed by atoms with van der Waals surface area (Å²) in [5.74, 6) is 0.226. The second-order valence-electron chi connectivity index (χ2n) is 5.41. The summed E-state index contributed by atoms with van der Waals surface area (Å²) in [6.45, 7) is 0. The Balaban J connectivity index is 1.86. The van der Waals surface area contributed by atoms with Crippen LogP contribution in [0.3, 0.4) is 0 Å². The van der Waals surface area contributed by atoms with Crippen LogP contribution in [0.15, 0.2) is 18.2 Å². The Kier molecular flexibility index (Phi) is 2.98. The molecule has 6 nitrogen and oxygen atoms in total. The molecule has 2 aliphatic rings. The number of nitrogens with two attached hydrogens (primary N) is 1. The first-order valence-electron chi connectivity index (χ1n) is 6.51. The molecular weight excluding hydrogens is 278 g/mol. The third-order valence-corrected chi connectivity index (χ3v) is 5.83. The molecule has 108 valence electrons. The lowest BCUT2D eigenvalue weighted by molar-refractivity contribution is -0.116. The number of hydrogen-bond acceptors (Lipinski definition) is 5. The summed E-state index contributed by atoms with van der Waals surface area (Å²) >= 11 is 0. The van der Waals surface area contributed by atoms with Gasteiger partial charge in [-0.3, -0.25) is 4.79 Å². The van der Waals surface area contributed by atoms with E-state index in [1.54, 1.807) is 0 Å². The highest BCUT2D eigenvalue weighted by Gasteiger charge is 2.32. The highest BCUT2D eigenvalue weighted by molar-refractivity contribution is 7.91. The molecule has 1 aromatic carbocycles. The lowest BCUT2D eigenvalue weighted by Gasteiger charge is -2.26. The lowest BCUT2D eigenvalue weighted by Crippen LogP contribution is -2.32. The minimum Gasteiger partial charge on any atom is -0.370 e. The van der Waals surface area contributed by atoms with E-state index in [9.17, 15) is 13.2 Å². The SMILES string of the molecule is CN(c1ccc2c(c1)NC(=O)C2N)C1CCS(=O)(=O)C1. The number of anilines is 2. The average molecular weight is 295 g/mol. The predicted octanol–water partition coefficient (Wildman–Crippen LogP) is 0.262. The number of fused-ring (bicyclic) bond motifs is 1. The molecule has 1 amide bonds. The summed E-state index contributed by atoms with van der Waals surface area (Å²) in [7, 11) is -1.03. The first kappa shape index (κ1) is 13.4. The van der Waals surface area contributed by atoms with Gasteiger partial charge in [0.1, 0.15) is 6.04 Å². The van der Waals surface area contributed by atoms with Crippen LogP contribution in [0.2, 0.25) is 0 Å². The molecule has 2 heterocycles. The van der Waals surface area contributed by atoms with Gasteiger partial charge in [-0.1, -0.05) is 6.07 Å². The Morgan fingerprint density at radius 1 is 1.40 bits per heavy atom. The standard InChI is InChI=1S/C13H17N3O3S/c1-16(9-4-5-20(18,19)7-9)8-2-3-10-11(6-8)15-13(17)12(10)14/h2-3,6,9,12H,4-5,7,14H2,1H3,(H,15,17). The van der Waals surface area contributed by atoms with Crippen molar-refractivity contribution in [1.29, 1.82) is 0 Å². The van der Waals surface area contributed by atoms with Gasteiger partial charge in [0, 0.05) is 30.0 Å². The van der Waals surface area contributed by atoms with Crippen LogP contribution in [0, 0.1) is 0 Å². The van der Waals surface area contributed by atoms with E-state index >= 15 is 0 Å². The van der Waals surface area contributed by atoms with E-state index in [4.69, 9.17) is 5.73 Å². The van der Waals surface area contributed by atoms with Crippen LogP contribution in [0.1, 0.15) is 18.0 Å². The Morgan fingerprint density at radius 3 is 2.80 bits per heavy atom. The number of nitrogens with zero attached hydrogens (tertiary/aromatic N) is 1. The molecule has 2 atom stereocenters. The molecular formula is C13H17N3O3S. The van der Waals surface area contributed by atoms with Gasteiger partial charge in [-0.15, -0.1) is 0 Å². The number of nitrogens with one attached hydrogen (secondary N) is 1. The predicted molar refractivity (Wildman–Crippen MR) is 77.5 cm³/mol. The summed E-state index contributed by atoms with van der Waals surface area (Å²) in [6.07, 6.45) is 0.641. The minimum atomic E-state index is -2.91. The summed E-state index contributed by atoms with van der Waals surface area (Å²) in [4.78, 5) is 13.5. The van der Waals surface area contributed by atoms with Crippen molar-refractivity contribution in [2.45, 2.75) is 18.5 Å². The first-order valence-corrected chi connectivity index (χ1v) is 8.33. The Morgan fingerprint density at radius 2 is 2.15 bits per heavy atom. The van der Waals surface area contributed by atoms with E-state index < -0.39 is 15.9 Å². The van der Waals surface area contributed by atoms with Crippen LogP contribution in [-0.4, -0.2) is 38.9 Å². The molecule has 3 rings (SSSR count). The maximum atomic E-state index is 11.5. The fraction of sp³-hybridized carbons (Fsp3) is 0.462. The highest BCUT2D eigenvalue weighted by Crippen LogP contribution is 2.33. The van der Waals surface area contributed by atoms with Gasteiger partial charge < -0.3 is 16.0 Å². The number of hydrogen-bond donors (Lipinski definition) is 2.